The zero-order valence-electron chi connectivity index (χ0n) is 14.5. The van der Waals surface area contributed by atoms with Gasteiger partial charge in [0.1, 0.15) is 0 Å². The van der Waals surface area contributed by atoms with Gasteiger partial charge in [0.2, 0.25) is 0 Å². The average Bonchev–Trinajstić information content (AvgIpc) is 2.49. The zero-order chi connectivity index (χ0) is 16.4. The van der Waals surface area contributed by atoms with Crippen LogP contribution in [-0.2, 0) is 9.53 Å². The van der Waals surface area contributed by atoms with Gasteiger partial charge >= 0.3 is 5.97 Å². The van der Waals surface area contributed by atoms with Crippen molar-refractivity contribution in [2.24, 2.45) is 11.7 Å². The first-order chi connectivity index (χ1) is 9.90. The molecule has 0 aromatic heterocycles. The molecule has 0 aromatic rings. The number of hydrogen-bond acceptors (Lipinski definition) is 4. The number of hydrogen-bond donors (Lipinski definition) is 1. The molecule has 0 aromatic carbocycles. The highest BCUT2D eigenvalue weighted by Gasteiger charge is 2.22. The molecular weight excluding hydrogens is 264 g/mol. The molecule has 4 nitrogen and oxygen atoms in total. The molecule has 0 aliphatic carbocycles. The third-order valence-corrected chi connectivity index (χ3v) is 4.04. The largest absolute Gasteiger partial charge is 0.469 e. The van der Waals surface area contributed by atoms with E-state index in [0.717, 1.165) is 12.8 Å². The van der Waals surface area contributed by atoms with E-state index in [1.165, 1.54) is 18.3 Å². The van der Waals surface area contributed by atoms with Crippen LogP contribution in [-0.4, -0.2) is 44.2 Å². The van der Waals surface area contributed by atoms with Gasteiger partial charge in [0.25, 0.3) is 0 Å². The first-order valence-corrected chi connectivity index (χ1v) is 7.70. The highest BCUT2D eigenvalue weighted by Crippen LogP contribution is 2.18. The van der Waals surface area contributed by atoms with Crippen LogP contribution in [0.4, 0.5) is 0 Å². The summed E-state index contributed by atoms with van der Waals surface area (Å²) in [7, 11) is 3.44. The number of methoxy groups -OCH3 is 1. The minimum Gasteiger partial charge on any atom is -0.469 e. The summed E-state index contributed by atoms with van der Waals surface area (Å²) in [6.07, 6.45) is 6.30. The number of ether oxygens (including phenoxy) is 1. The fourth-order valence-corrected chi connectivity index (χ4v) is 2.23. The van der Waals surface area contributed by atoms with Crippen LogP contribution in [0.5, 0.6) is 0 Å². The van der Waals surface area contributed by atoms with Gasteiger partial charge in [0.15, 0.2) is 0 Å². The monoisotopic (exact) mass is 296 g/mol. The number of allylic oxidation sites excluding steroid dienone is 3. The van der Waals surface area contributed by atoms with Crippen LogP contribution in [0.1, 0.15) is 40.5 Å². The van der Waals surface area contributed by atoms with Crippen molar-refractivity contribution in [2.45, 2.75) is 46.6 Å². The van der Waals surface area contributed by atoms with Crippen LogP contribution in [0, 0.1) is 5.92 Å². The maximum atomic E-state index is 11.6. The second-order valence-corrected chi connectivity index (χ2v) is 5.61. The lowest BCUT2D eigenvalue weighted by molar-refractivity contribution is -0.145. The molecule has 4 heteroatoms. The van der Waals surface area contributed by atoms with Crippen molar-refractivity contribution in [2.75, 3.05) is 27.2 Å². The minimum absolute atomic E-state index is 0.231. The molecule has 2 N–H and O–H groups in total. The molecule has 0 radical (unpaired) electrons. The minimum atomic E-state index is -0.260. The zero-order valence-corrected chi connectivity index (χ0v) is 14.5. The molecule has 0 amide bonds. The smallest absolute Gasteiger partial charge is 0.311 e. The van der Waals surface area contributed by atoms with E-state index >= 15 is 0 Å². The Morgan fingerprint density at radius 1 is 1.43 bits per heavy atom. The van der Waals surface area contributed by atoms with E-state index in [-0.39, 0.29) is 11.9 Å². The molecule has 0 aliphatic rings. The van der Waals surface area contributed by atoms with Crippen molar-refractivity contribution in [3.63, 3.8) is 0 Å². The van der Waals surface area contributed by atoms with E-state index in [2.05, 4.69) is 37.8 Å². The van der Waals surface area contributed by atoms with E-state index in [1.807, 2.05) is 14.0 Å². The predicted molar refractivity (Wildman–Crippen MR) is 89.1 cm³/mol. The molecule has 0 heterocycles. The van der Waals surface area contributed by atoms with Gasteiger partial charge in [-0.1, -0.05) is 24.6 Å². The SMILES string of the molecule is C/C=C\C(CC(C)N(C)CC(CN)C(=O)OC)=C(/C)CC. The summed E-state index contributed by atoms with van der Waals surface area (Å²) < 4.78 is 4.79. The Hall–Kier alpha value is -1.13. The van der Waals surface area contributed by atoms with Crippen molar-refractivity contribution >= 4 is 5.97 Å². The second kappa shape index (κ2) is 10.6. The number of nitrogens with two attached hydrogens (primary N) is 1. The Balaban J connectivity index is 4.77. The van der Waals surface area contributed by atoms with Crippen LogP contribution >= 0.6 is 0 Å². The van der Waals surface area contributed by atoms with Crippen LogP contribution in [0.25, 0.3) is 0 Å². The lowest BCUT2D eigenvalue weighted by Crippen LogP contribution is -2.40. The second-order valence-electron chi connectivity index (χ2n) is 5.61. The molecule has 122 valence electrons. The topological polar surface area (TPSA) is 55.6 Å². The summed E-state index contributed by atoms with van der Waals surface area (Å²) in [5.41, 5.74) is 8.46. The summed E-state index contributed by atoms with van der Waals surface area (Å²) in [6, 6.07) is 0.344. The van der Waals surface area contributed by atoms with Crippen LogP contribution < -0.4 is 5.73 Å². The Morgan fingerprint density at radius 2 is 2.05 bits per heavy atom. The molecular formula is C17H32N2O2. The van der Waals surface area contributed by atoms with Crippen LogP contribution in [0.2, 0.25) is 0 Å². The van der Waals surface area contributed by atoms with Gasteiger partial charge in [-0.05, 0) is 46.2 Å². The first-order valence-electron chi connectivity index (χ1n) is 7.70. The standard InChI is InChI=1S/C17H32N2O2/c1-7-9-15(13(3)8-2)10-14(4)19(5)12-16(11-18)17(20)21-6/h7,9,14,16H,8,10-12,18H2,1-6H3/b9-7-,15-13-. The predicted octanol–water partition coefficient (Wildman–Crippen LogP) is 2.75. The average molecular weight is 296 g/mol. The highest BCUT2D eigenvalue weighted by atomic mass is 16.5. The summed E-state index contributed by atoms with van der Waals surface area (Å²) in [5.74, 6) is -0.491. The van der Waals surface area contributed by atoms with Crippen molar-refractivity contribution in [1.82, 2.24) is 4.90 Å². The Labute approximate surface area is 130 Å². The van der Waals surface area contributed by atoms with Crippen molar-refractivity contribution in [3.05, 3.63) is 23.3 Å². The van der Waals surface area contributed by atoms with Crippen LogP contribution in [0.3, 0.4) is 0 Å². The Kier molecular flexibility index (Phi) is 10.0. The molecule has 2 unspecified atom stereocenters. The molecule has 0 saturated carbocycles. The van der Waals surface area contributed by atoms with E-state index in [4.69, 9.17) is 10.5 Å². The van der Waals surface area contributed by atoms with Crippen molar-refractivity contribution in [1.29, 1.82) is 0 Å². The number of carbonyl (C=O) groups excluding carboxylic acids is 1. The molecule has 2 atom stereocenters. The van der Waals surface area contributed by atoms with Crippen molar-refractivity contribution in [3.8, 4) is 0 Å². The molecule has 0 spiro atoms. The highest BCUT2D eigenvalue weighted by molar-refractivity contribution is 5.72. The molecule has 0 bridgehead atoms. The summed E-state index contributed by atoms with van der Waals surface area (Å²) in [6.45, 7) is 9.51. The molecule has 0 aliphatic heterocycles. The van der Waals surface area contributed by atoms with Gasteiger partial charge in [-0.2, -0.15) is 0 Å². The summed E-state index contributed by atoms with van der Waals surface area (Å²) >= 11 is 0. The third-order valence-electron chi connectivity index (χ3n) is 4.04. The number of nitrogens with zero attached hydrogens (tertiary/aromatic N) is 1. The Morgan fingerprint density at radius 3 is 2.48 bits per heavy atom. The van der Waals surface area contributed by atoms with E-state index < -0.39 is 0 Å². The summed E-state index contributed by atoms with van der Waals surface area (Å²) in [4.78, 5) is 13.8. The number of esters is 1. The number of carbonyl (C=O) groups is 1. The maximum absolute atomic E-state index is 11.6. The molecule has 0 rings (SSSR count). The third kappa shape index (κ3) is 6.91. The van der Waals surface area contributed by atoms with Crippen LogP contribution in [0.15, 0.2) is 23.3 Å². The Bertz CT molecular complexity index is 375. The number of rotatable bonds is 9. The fourth-order valence-electron chi connectivity index (χ4n) is 2.23. The van der Waals surface area contributed by atoms with E-state index in [0.29, 0.717) is 19.1 Å². The molecule has 21 heavy (non-hydrogen) atoms. The van der Waals surface area contributed by atoms with Gasteiger partial charge in [0.05, 0.1) is 13.0 Å². The van der Waals surface area contributed by atoms with Gasteiger partial charge < -0.3 is 15.4 Å². The van der Waals surface area contributed by atoms with E-state index in [1.54, 1.807) is 0 Å². The van der Waals surface area contributed by atoms with Gasteiger partial charge in [0, 0.05) is 19.1 Å². The van der Waals surface area contributed by atoms with Gasteiger partial charge in [-0.25, -0.2) is 0 Å². The van der Waals surface area contributed by atoms with E-state index in [9.17, 15) is 4.79 Å². The van der Waals surface area contributed by atoms with Gasteiger partial charge in [-0.3, -0.25) is 4.79 Å². The quantitative estimate of drug-likeness (QED) is 0.525. The van der Waals surface area contributed by atoms with Crippen molar-refractivity contribution < 1.29 is 9.53 Å². The summed E-state index contributed by atoms with van der Waals surface area (Å²) in [5, 5.41) is 0. The lowest BCUT2D eigenvalue weighted by Gasteiger charge is -2.28. The van der Waals surface area contributed by atoms with Gasteiger partial charge in [-0.15, -0.1) is 0 Å². The molecule has 0 fully saturated rings. The first kappa shape index (κ1) is 19.9. The normalized spacial score (nSPS) is 16.0. The molecule has 0 saturated heterocycles. The maximum Gasteiger partial charge on any atom is 0.311 e. The fraction of sp³-hybridized carbons (Fsp3) is 0.706. The lowest BCUT2D eigenvalue weighted by atomic mass is 9.98.